The van der Waals surface area contributed by atoms with Gasteiger partial charge in [-0.1, -0.05) is 19.3 Å². The molecule has 1 aromatic rings. The van der Waals surface area contributed by atoms with Gasteiger partial charge >= 0.3 is 12.0 Å². The third-order valence-electron chi connectivity index (χ3n) is 3.54. The highest BCUT2D eigenvalue weighted by Gasteiger charge is 2.40. The molecule has 0 aromatic carbocycles. The van der Waals surface area contributed by atoms with Crippen molar-refractivity contribution >= 4 is 12.0 Å². The second-order valence-corrected chi connectivity index (χ2v) is 5.12. The maximum Gasteiger partial charge on any atom is 0.329 e. The molecule has 1 aliphatic rings. The molecule has 0 aliphatic heterocycles. The normalized spacial score (nSPS) is 17.4. The van der Waals surface area contributed by atoms with Gasteiger partial charge in [0.2, 0.25) is 5.89 Å². The molecule has 0 atom stereocenters. The smallest absolute Gasteiger partial charge is 0.329 e. The van der Waals surface area contributed by atoms with Crippen LogP contribution < -0.4 is 10.6 Å². The van der Waals surface area contributed by atoms with Crippen molar-refractivity contribution < 1.29 is 19.1 Å². The highest BCUT2D eigenvalue weighted by atomic mass is 16.4. The number of amides is 2. The molecule has 1 fully saturated rings. The fourth-order valence-corrected chi connectivity index (χ4v) is 2.45. The Balaban J connectivity index is 1.90. The van der Waals surface area contributed by atoms with Gasteiger partial charge in [-0.2, -0.15) is 0 Å². The predicted octanol–water partition coefficient (Wildman–Crippen LogP) is 1.57. The van der Waals surface area contributed by atoms with Crippen molar-refractivity contribution in [3.05, 3.63) is 17.8 Å². The maximum absolute atomic E-state index is 11.8. The van der Waals surface area contributed by atoms with E-state index in [1.165, 1.54) is 0 Å². The monoisotopic (exact) mass is 281 g/mol. The summed E-state index contributed by atoms with van der Waals surface area (Å²) in [4.78, 5) is 27.2. The zero-order valence-electron chi connectivity index (χ0n) is 11.4. The number of aliphatic carboxylic acids is 1. The fourth-order valence-electron chi connectivity index (χ4n) is 2.45. The Morgan fingerprint density at radius 1 is 1.40 bits per heavy atom. The third kappa shape index (κ3) is 3.28. The second kappa shape index (κ2) is 5.94. The summed E-state index contributed by atoms with van der Waals surface area (Å²) in [5.41, 5.74) is -1.14. The number of aryl methyl sites for hydroxylation is 1. The number of urea groups is 1. The maximum atomic E-state index is 11.8. The van der Waals surface area contributed by atoms with Crippen molar-refractivity contribution in [1.29, 1.82) is 0 Å². The van der Waals surface area contributed by atoms with E-state index in [1.54, 1.807) is 13.1 Å². The van der Waals surface area contributed by atoms with E-state index < -0.39 is 17.5 Å². The molecule has 1 saturated carbocycles. The number of carbonyl (C=O) groups excluding carboxylic acids is 1. The first-order valence-electron chi connectivity index (χ1n) is 6.72. The zero-order valence-corrected chi connectivity index (χ0v) is 11.4. The van der Waals surface area contributed by atoms with Crippen molar-refractivity contribution in [3.8, 4) is 0 Å². The number of hydrogen-bond donors (Lipinski definition) is 3. The quantitative estimate of drug-likeness (QED) is 0.777. The number of hydrogen-bond acceptors (Lipinski definition) is 4. The molecular formula is C13H19N3O4. The van der Waals surface area contributed by atoms with Gasteiger partial charge < -0.3 is 20.2 Å². The van der Waals surface area contributed by atoms with E-state index in [0.29, 0.717) is 24.5 Å². The first kappa shape index (κ1) is 14.4. The van der Waals surface area contributed by atoms with Crippen molar-refractivity contribution in [2.75, 3.05) is 0 Å². The van der Waals surface area contributed by atoms with Crippen LogP contribution in [0.5, 0.6) is 0 Å². The molecule has 0 spiro atoms. The van der Waals surface area contributed by atoms with Crippen LogP contribution in [0.25, 0.3) is 0 Å². The molecule has 110 valence electrons. The van der Waals surface area contributed by atoms with Gasteiger partial charge in [-0.15, -0.1) is 0 Å². The van der Waals surface area contributed by atoms with E-state index in [9.17, 15) is 14.7 Å². The summed E-state index contributed by atoms with van der Waals surface area (Å²) < 4.78 is 5.23. The van der Waals surface area contributed by atoms with E-state index in [2.05, 4.69) is 15.6 Å². The van der Waals surface area contributed by atoms with Gasteiger partial charge in [-0.05, 0) is 19.8 Å². The molecule has 3 N–H and O–H groups in total. The fraction of sp³-hybridized carbons (Fsp3) is 0.615. The van der Waals surface area contributed by atoms with Gasteiger partial charge in [0.1, 0.15) is 11.3 Å². The summed E-state index contributed by atoms with van der Waals surface area (Å²) in [5.74, 6) is 0.0847. The molecule has 0 saturated heterocycles. The van der Waals surface area contributed by atoms with Crippen LogP contribution in [0.4, 0.5) is 4.79 Å². The molecule has 2 rings (SSSR count). The van der Waals surface area contributed by atoms with Crippen LogP contribution in [0, 0.1) is 6.92 Å². The van der Waals surface area contributed by atoms with Crippen molar-refractivity contribution in [2.45, 2.75) is 51.1 Å². The van der Waals surface area contributed by atoms with Gasteiger partial charge in [0, 0.05) is 0 Å². The summed E-state index contributed by atoms with van der Waals surface area (Å²) in [6, 6.07) is -0.509. The molecule has 0 unspecified atom stereocenters. The Bertz CT molecular complexity index is 492. The van der Waals surface area contributed by atoms with Crippen molar-refractivity contribution in [1.82, 2.24) is 15.6 Å². The van der Waals surface area contributed by atoms with Crippen LogP contribution in [0.3, 0.4) is 0 Å². The van der Waals surface area contributed by atoms with Crippen molar-refractivity contribution in [3.63, 3.8) is 0 Å². The number of carbonyl (C=O) groups is 2. The van der Waals surface area contributed by atoms with Crippen LogP contribution in [0.15, 0.2) is 10.6 Å². The van der Waals surface area contributed by atoms with E-state index in [4.69, 9.17) is 4.42 Å². The summed E-state index contributed by atoms with van der Waals surface area (Å²) in [6.45, 7) is 1.90. The van der Waals surface area contributed by atoms with E-state index in [-0.39, 0.29) is 6.54 Å². The van der Waals surface area contributed by atoms with Crippen LogP contribution in [0.2, 0.25) is 0 Å². The largest absolute Gasteiger partial charge is 0.480 e. The number of rotatable bonds is 4. The Hall–Kier alpha value is -2.05. The molecule has 7 heteroatoms. The topological polar surface area (TPSA) is 104 Å². The minimum Gasteiger partial charge on any atom is -0.480 e. The van der Waals surface area contributed by atoms with E-state index in [0.717, 1.165) is 19.3 Å². The highest BCUT2D eigenvalue weighted by Crippen LogP contribution is 2.28. The summed E-state index contributed by atoms with van der Waals surface area (Å²) in [6.07, 6.45) is 5.13. The zero-order chi connectivity index (χ0) is 14.6. The van der Waals surface area contributed by atoms with Gasteiger partial charge in [0.05, 0.1) is 12.7 Å². The number of nitrogens with one attached hydrogen (secondary N) is 2. The number of carboxylic acid groups (broad SMARTS) is 1. The lowest BCUT2D eigenvalue weighted by molar-refractivity contribution is -0.145. The van der Waals surface area contributed by atoms with E-state index in [1.807, 2.05) is 0 Å². The number of aromatic nitrogens is 1. The molecule has 7 nitrogen and oxygen atoms in total. The molecule has 0 radical (unpaired) electrons. The SMILES string of the molecule is Cc1cnc(CNC(=O)NC2(C(=O)O)CCCCC2)o1. The lowest BCUT2D eigenvalue weighted by atomic mass is 9.82. The Kier molecular flexibility index (Phi) is 4.26. The van der Waals surface area contributed by atoms with Crippen LogP contribution in [-0.4, -0.2) is 27.6 Å². The second-order valence-electron chi connectivity index (χ2n) is 5.12. The van der Waals surface area contributed by atoms with Crippen molar-refractivity contribution in [2.24, 2.45) is 0 Å². The standard InChI is InChI=1S/C13H19N3O4/c1-9-7-14-10(20-9)8-15-12(19)16-13(11(17)18)5-3-2-4-6-13/h7H,2-6,8H2,1H3,(H,17,18)(H2,15,16,19). The van der Waals surface area contributed by atoms with Crippen LogP contribution >= 0.6 is 0 Å². The Morgan fingerprint density at radius 3 is 2.65 bits per heavy atom. The molecule has 1 aromatic heterocycles. The molecule has 0 bridgehead atoms. The molecule has 1 heterocycles. The summed E-state index contributed by atoms with van der Waals surface area (Å²) >= 11 is 0. The molecule has 2 amide bonds. The third-order valence-corrected chi connectivity index (χ3v) is 3.54. The first-order valence-corrected chi connectivity index (χ1v) is 6.72. The molecule has 20 heavy (non-hydrogen) atoms. The Labute approximate surface area is 116 Å². The minimum atomic E-state index is -1.14. The lowest BCUT2D eigenvalue weighted by Gasteiger charge is -2.33. The predicted molar refractivity (Wildman–Crippen MR) is 70.1 cm³/mol. The summed E-state index contributed by atoms with van der Waals surface area (Å²) in [7, 11) is 0. The number of nitrogens with zero attached hydrogens (tertiary/aromatic N) is 1. The number of carboxylic acids is 1. The van der Waals surface area contributed by atoms with Gasteiger partial charge in [-0.3, -0.25) is 0 Å². The summed E-state index contributed by atoms with van der Waals surface area (Å²) in [5, 5.41) is 14.5. The van der Waals surface area contributed by atoms with Gasteiger partial charge in [0.25, 0.3) is 0 Å². The lowest BCUT2D eigenvalue weighted by Crippen LogP contribution is -2.57. The van der Waals surface area contributed by atoms with Gasteiger partial charge in [-0.25, -0.2) is 14.6 Å². The van der Waals surface area contributed by atoms with Crippen LogP contribution in [-0.2, 0) is 11.3 Å². The highest BCUT2D eigenvalue weighted by molar-refractivity contribution is 5.86. The van der Waals surface area contributed by atoms with Gasteiger partial charge in [0.15, 0.2) is 0 Å². The molecular weight excluding hydrogens is 262 g/mol. The van der Waals surface area contributed by atoms with E-state index >= 15 is 0 Å². The van der Waals surface area contributed by atoms with Crippen LogP contribution in [0.1, 0.15) is 43.8 Å². The molecule has 1 aliphatic carbocycles. The number of oxazole rings is 1. The minimum absolute atomic E-state index is 0.134. The average Bonchev–Trinajstić information content (AvgIpc) is 2.83. The Morgan fingerprint density at radius 2 is 2.10 bits per heavy atom. The first-order chi connectivity index (χ1) is 9.52. The average molecular weight is 281 g/mol.